The molecule has 1 aromatic heterocycles. The van der Waals surface area contributed by atoms with E-state index >= 15 is 0 Å². The predicted molar refractivity (Wildman–Crippen MR) is 71.6 cm³/mol. The second-order valence-electron chi connectivity index (χ2n) is 3.46. The van der Waals surface area contributed by atoms with E-state index in [0.29, 0.717) is 10.8 Å². The molecule has 2 rings (SSSR count). The third-order valence-electron chi connectivity index (χ3n) is 2.14. The number of nitrogen functional groups attached to an aromatic ring is 1. The average Bonchev–Trinajstić information content (AvgIpc) is 2.76. The molecule has 6 nitrogen and oxygen atoms in total. The Hall–Kier alpha value is -1.74. The Morgan fingerprint density at radius 1 is 1.58 bits per heavy atom. The number of hydrogen-bond donors (Lipinski definition) is 1. The van der Waals surface area contributed by atoms with Gasteiger partial charge >= 0.3 is 5.69 Å². The van der Waals surface area contributed by atoms with E-state index in [0.717, 1.165) is 12.1 Å². The summed E-state index contributed by atoms with van der Waals surface area (Å²) in [5, 5.41) is 12.9. The normalized spacial score (nSPS) is 10.4. The van der Waals surface area contributed by atoms with Crippen LogP contribution in [0.2, 0.25) is 0 Å². The number of nitro groups is 1. The number of thiazole rings is 1. The van der Waals surface area contributed by atoms with E-state index in [-0.39, 0.29) is 22.5 Å². The van der Waals surface area contributed by atoms with E-state index in [1.165, 1.54) is 11.3 Å². The number of benzene rings is 1. The van der Waals surface area contributed by atoms with Crippen molar-refractivity contribution in [3.8, 4) is 5.75 Å². The zero-order chi connectivity index (χ0) is 14.0. The largest absolute Gasteiger partial charge is 0.480 e. The zero-order valence-electron chi connectivity index (χ0n) is 9.30. The highest BCUT2D eigenvalue weighted by molar-refractivity contribution is 9.10. The van der Waals surface area contributed by atoms with Crippen LogP contribution in [0.1, 0.15) is 5.69 Å². The number of hydrogen-bond acceptors (Lipinski definition) is 6. The number of nitrogens with zero attached hydrogens (tertiary/aromatic N) is 2. The molecule has 19 heavy (non-hydrogen) atoms. The van der Waals surface area contributed by atoms with Crippen molar-refractivity contribution < 1.29 is 14.1 Å². The molecular weight excluding hydrogens is 341 g/mol. The fraction of sp³-hybridized carbons (Fsp3) is 0.100. The van der Waals surface area contributed by atoms with Gasteiger partial charge in [0.15, 0.2) is 5.13 Å². The number of rotatable bonds is 4. The molecule has 0 bridgehead atoms. The Morgan fingerprint density at radius 3 is 2.89 bits per heavy atom. The van der Waals surface area contributed by atoms with Gasteiger partial charge in [0.2, 0.25) is 5.75 Å². The fourth-order valence-electron chi connectivity index (χ4n) is 1.32. The summed E-state index contributed by atoms with van der Waals surface area (Å²) < 4.78 is 18.6. The lowest BCUT2D eigenvalue weighted by molar-refractivity contribution is -0.386. The summed E-state index contributed by atoms with van der Waals surface area (Å²) in [4.78, 5) is 14.1. The number of halogens is 2. The van der Waals surface area contributed by atoms with Gasteiger partial charge in [-0.25, -0.2) is 9.37 Å². The molecule has 0 aliphatic rings. The first-order valence-corrected chi connectivity index (χ1v) is 6.60. The van der Waals surface area contributed by atoms with Gasteiger partial charge in [-0.3, -0.25) is 10.1 Å². The van der Waals surface area contributed by atoms with Crippen molar-refractivity contribution in [2.75, 3.05) is 5.73 Å². The maximum Gasteiger partial charge on any atom is 0.312 e. The molecule has 1 heterocycles. The summed E-state index contributed by atoms with van der Waals surface area (Å²) >= 11 is 4.11. The van der Waals surface area contributed by atoms with Gasteiger partial charge in [0.25, 0.3) is 0 Å². The van der Waals surface area contributed by atoms with Crippen LogP contribution >= 0.6 is 27.3 Å². The van der Waals surface area contributed by atoms with Gasteiger partial charge < -0.3 is 10.5 Å². The van der Waals surface area contributed by atoms with Crippen LogP contribution < -0.4 is 10.5 Å². The maximum absolute atomic E-state index is 13.4. The molecule has 0 unspecified atom stereocenters. The highest BCUT2D eigenvalue weighted by Crippen LogP contribution is 2.33. The molecule has 1 aromatic carbocycles. The first kappa shape index (κ1) is 13.7. The van der Waals surface area contributed by atoms with Crippen LogP contribution in [0.25, 0.3) is 0 Å². The van der Waals surface area contributed by atoms with Gasteiger partial charge in [-0.1, -0.05) is 0 Å². The van der Waals surface area contributed by atoms with Crippen LogP contribution in [0.15, 0.2) is 22.0 Å². The molecule has 0 spiro atoms. The lowest BCUT2D eigenvalue weighted by Gasteiger charge is -2.06. The maximum atomic E-state index is 13.4. The summed E-state index contributed by atoms with van der Waals surface area (Å²) in [6.07, 6.45) is 0. The summed E-state index contributed by atoms with van der Waals surface area (Å²) in [6.45, 7) is -0.0182. The third kappa shape index (κ3) is 3.18. The second kappa shape index (κ2) is 5.49. The Labute approximate surface area is 119 Å². The number of nitro benzene ring substituents is 1. The van der Waals surface area contributed by atoms with Crippen molar-refractivity contribution in [1.29, 1.82) is 0 Å². The molecule has 0 atom stereocenters. The van der Waals surface area contributed by atoms with Crippen LogP contribution in [-0.2, 0) is 6.61 Å². The predicted octanol–water partition coefficient (Wildman–Crippen LogP) is 3.11. The van der Waals surface area contributed by atoms with Gasteiger partial charge in [-0.2, -0.15) is 0 Å². The molecule has 9 heteroatoms. The lowest BCUT2D eigenvalue weighted by atomic mass is 10.3. The van der Waals surface area contributed by atoms with Crippen molar-refractivity contribution in [3.05, 3.63) is 43.6 Å². The third-order valence-corrected chi connectivity index (χ3v) is 3.47. The Bertz CT molecular complexity index is 634. The smallest absolute Gasteiger partial charge is 0.312 e. The van der Waals surface area contributed by atoms with E-state index in [2.05, 4.69) is 20.9 Å². The van der Waals surface area contributed by atoms with Crippen molar-refractivity contribution >= 4 is 38.1 Å². The first-order chi connectivity index (χ1) is 8.97. The van der Waals surface area contributed by atoms with Crippen LogP contribution in [0, 0.1) is 15.9 Å². The molecule has 100 valence electrons. The van der Waals surface area contributed by atoms with E-state index < -0.39 is 10.7 Å². The molecule has 0 aliphatic heterocycles. The number of nitrogens with two attached hydrogens (primary N) is 1. The quantitative estimate of drug-likeness (QED) is 0.677. The summed E-state index contributed by atoms with van der Waals surface area (Å²) in [5.74, 6) is -0.796. The second-order valence-corrected chi connectivity index (χ2v) is 5.20. The fourth-order valence-corrected chi connectivity index (χ4v) is 2.20. The molecule has 0 saturated carbocycles. The number of ether oxygens (including phenoxy) is 1. The van der Waals surface area contributed by atoms with Gasteiger partial charge in [0.1, 0.15) is 12.4 Å². The number of anilines is 1. The summed E-state index contributed by atoms with van der Waals surface area (Å²) in [5.41, 5.74) is 5.65. The monoisotopic (exact) mass is 347 g/mol. The van der Waals surface area contributed by atoms with Gasteiger partial charge in [0, 0.05) is 17.5 Å². The Balaban J connectivity index is 2.23. The van der Waals surface area contributed by atoms with Gasteiger partial charge in [0.05, 0.1) is 15.1 Å². The molecule has 2 aromatic rings. The van der Waals surface area contributed by atoms with Crippen LogP contribution in [-0.4, -0.2) is 9.91 Å². The van der Waals surface area contributed by atoms with Crippen molar-refractivity contribution in [2.24, 2.45) is 0 Å². The SMILES string of the molecule is Nc1nc(COc2cc(F)c(Br)cc2[N+](=O)[O-])cs1. The molecule has 0 saturated heterocycles. The molecule has 2 N–H and O–H groups in total. The van der Waals surface area contributed by atoms with Crippen LogP contribution in [0.5, 0.6) is 5.75 Å². The summed E-state index contributed by atoms with van der Waals surface area (Å²) in [7, 11) is 0. The van der Waals surface area contributed by atoms with E-state index in [1.54, 1.807) is 5.38 Å². The topological polar surface area (TPSA) is 91.3 Å². The Morgan fingerprint density at radius 2 is 2.32 bits per heavy atom. The molecule has 0 fully saturated rings. The summed E-state index contributed by atoms with van der Waals surface area (Å²) in [6, 6.07) is 2.01. The van der Waals surface area contributed by atoms with Crippen LogP contribution in [0.3, 0.4) is 0 Å². The van der Waals surface area contributed by atoms with Gasteiger partial charge in [-0.05, 0) is 15.9 Å². The average molecular weight is 348 g/mol. The van der Waals surface area contributed by atoms with Crippen molar-refractivity contribution in [2.45, 2.75) is 6.61 Å². The first-order valence-electron chi connectivity index (χ1n) is 4.93. The minimum atomic E-state index is -0.644. The van der Waals surface area contributed by atoms with E-state index in [4.69, 9.17) is 10.5 Å². The Kier molecular flexibility index (Phi) is 3.96. The standard InChI is InChI=1S/C10H7BrFN3O3S/c11-6-1-8(15(16)17)9(2-7(6)12)18-3-5-4-19-10(13)14-5/h1-2,4H,3H2,(H2,13,14). The highest BCUT2D eigenvalue weighted by atomic mass is 79.9. The minimum Gasteiger partial charge on any atom is -0.480 e. The van der Waals surface area contributed by atoms with Gasteiger partial charge in [-0.15, -0.1) is 11.3 Å². The molecule has 0 aliphatic carbocycles. The van der Waals surface area contributed by atoms with E-state index in [1.807, 2.05) is 0 Å². The lowest BCUT2D eigenvalue weighted by Crippen LogP contribution is -2.00. The van der Waals surface area contributed by atoms with Crippen molar-refractivity contribution in [1.82, 2.24) is 4.98 Å². The highest BCUT2D eigenvalue weighted by Gasteiger charge is 2.19. The molecular formula is C10H7BrFN3O3S. The van der Waals surface area contributed by atoms with E-state index in [9.17, 15) is 14.5 Å². The van der Waals surface area contributed by atoms with Crippen LogP contribution in [0.4, 0.5) is 15.2 Å². The number of aromatic nitrogens is 1. The molecule has 0 radical (unpaired) electrons. The minimum absolute atomic E-state index is 0.00412. The zero-order valence-corrected chi connectivity index (χ0v) is 11.7. The van der Waals surface area contributed by atoms with Crippen molar-refractivity contribution in [3.63, 3.8) is 0 Å². The molecule has 0 amide bonds.